The molecule has 0 heterocycles. The molecule has 0 unspecified atom stereocenters. The Labute approximate surface area is 245 Å². The summed E-state index contributed by atoms with van der Waals surface area (Å²) in [4.78, 5) is 38.3. The number of carbonyl (C=O) groups excluding carboxylic acids is 3. The summed E-state index contributed by atoms with van der Waals surface area (Å²) >= 11 is 0. The Morgan fingerprint density at radius 3 is 1.76 bits per heavy atom. The molecule has 1 aliphatic rings. The van der Waals surface area contributed by atoms with Crippen LogP contribution in [-0.2, 0) is 31.9 Å². The summed E-state index contributed by atoms with van der Waals surface area (Å²) in [5, 5.41) is 5.77. The van der Waals surface area contributed by atoms with E-state index in [1.165, 1.54) is 6.92 Å². The highest BCUT2D eigenvalue weighted by atomic mass is 16.5. The first kappa shape index (κ1) is 28.6. The minimum absolute atomic E-state index is 0.0129. The lowest BCUT2D eigenvalue weighted by Crippen LogP contribution is -2.52. The normalized spacial score (nSPS) is 13.3. The number of fused-ring (bicyclic) bond motifs is 3. The largest absolute Gasteiger partial charge is 0.464 e. The van der Waals surface area contributed by atoms with Crippen molar-refractivity contribution in [2.45, 2.75) is 37.8 Å². The van der Waals surface area contributed by atoms with Gasteiger partial charge in [0.05, 0.1) is 6.04 Å². The fourth-order valence-electron chi connectivity index (χ4n) is 5.41. The Bertz CT molecular complexity index is 1480. The highest BCUT2D eigenvalue weighted by Gasteiger charge is 2.30. The molecule has 2 N–H and O–H groups in total. The lowest BCUT2D eigenvalue weighted by molar-refractivity contribution is -0.142. The van der Waals surface area contributed by atoms with Crippen LogP contribution < -0.4 is 10.6 Å². The SMILES string of the molecule is CC(=O)OC[C@H](Cc1ccccc1)NC(=O)[C@H](Cc1ccccc1)NC(=O)OCC1c2ccccc2-c2ccccc21. The van der Waals surface area contributed by atoms with Crippen LogP contribution in [0.4, 0.5) is 4.79 Å². The van der Waals surface area contributed by atoms with Gasteiger partial charge in [0, 0.05) is 19.3 Å². The summed E-state index contributed by atoms with van der Waals surface area (Å²) in [6, 6.07) is 34.0. The van der Waals surface area contributed by atoms with E-state index >= 15 is 0 Å². The first-order valence-corrected chi connectivity index (χ1v) is 14.1. The molecule has 0 aliphatic heterocycles. The summed E-state index contributed by atoms with van der Waals surface area (Å²) in [5.74, 6) is -0.913. The van der Waals surface area contributed by atoms with Gasteiger partial charge in [-0.25, -0.2) is 4.79 Å². The second-order valence-corrected chi connectivity index (χ2v) is 10.4. The van der Waals surface area contributed by atoms with E-state index in [9.17, 15) is 14.4 Å². The molecule has 214 valence electrons. The van der Waals surface area contributed by atoms with Crippen molar-refractivity contribution in [3.05, 3.63) is 131 Å². The van der Waals surface area contributed by atoms with Gasteiger partial charge in [-0.15, -0.1) is 0 Å². The predicted molar refractivity (Wildman–Crippen MR) is 161 cm³/mol. The monoisotopic (exact) mass is 562 g/mol. The second-order valence-electron chi connectivity index (χ2n) is 10.4. The van der Waals surface area contributed by atoms with E-state index in [0.717, 1.165) is 33.4 Å². The zero-order valence-corrected chi connectivity index (χ0v) is 23.5. The van der Waals surface area contributed by atoms with Crippen molar-refractivity contribution in [3.8, 4) is 11.1 Å². The molecule has 0 saturated carbocycles. The summed E-state index contributed by atoms with van der Waals surface area (Å²) < 4.78 is 11.0. The van der Waals surface area contributed by atoms with Crippen LogP contribution in [0.5, 0.6) is 0 Å². The maximum absolute atomic E-state index is 13.6. The van der Waals surface area contributed by atoms with Crippen molar-refractivity contribution in [2.24, 2.45) is 0 Å². The predicted octanol–water partition coefficient (Wildman–Crippen LogP) is 5.43. The molecular formula is C35H34N2O5. The lowest BCUT2D eigenvalue weighted by atomic mass is 9.98. The number of ether oxygens (including phenoxy) is 2. The van der Waals surface area contributed by atoms with Crippen LogP contribution in [0.1, 0.15) is 35.1 Å². The molecule has 4 aromatic rings. The minimum atomic E-state index is -0.904. The van der Waals surface area contributed by atoms with Gasteiger partial charge in [-0.2, -0.15) is 0 Å². The van der Waals surface area contributed by atoms with Crippen LogP contribution in [0.3, 0.4) is 0 Å². The third-order valence-electron chi connectivity index (χ3n) is 7.39. The molecule has 7 heteroatoms. The molecule has 0 bridgehead atoms. The molecule has 0 aromatic heterocycles. The number of esters is 1. The molecule has 4 aromatic carbocycles. The average Bonchev–Trinajstić information content (AvgIpc) is 3.33. The van der Waals surface area contributed by atoms with E-state index in [4.69, 9.17) is 9.47 Å². The fraction of sp³-hybridized carbons (Fsp3) is 0.229. The molecule has 0 radical (unpaired) electrons. The molecule has 5 rings (SSSR count). The third-order valence-corrected chi connectivity index (χ3v) is 7.39. The smallest absolute Gasteiger partial charge is 0.407 e. The van der Waals surface area contributed by atoms with Crippen molar-refractivity contribution in [3.63, 3.8) is 0 Å². The van der Waals surface area contributed by atoms with Crippen molar-refractivity contribution in [2.75, 3.05) is 13.2 Å². The standard InChI is InChI=1S/C35H34N2O5/c1-24(38)41-22-27(20-25-12-4-2-5-13-25)36-34(39)33(21-26-14-6-3-7-15-26)37-35(40)42-23-32-30-18-10-8-16-28(30)29-17-9-11-19-31(29)32/h2-19,27,32-33H,20-23H2,1H3,(H,36,39)(H,37,40)/t27-,33-/m0/s1. The molecule has 1 aliphatic carbocycles. The van der Waals surface area contributed by atoms with Crippen LogP contribution in [0.25, 0.3) is 11.1 Å². The van der Waals surface area contributed by atoms with E-state index in [1.54, 1.807) is 0 Å². The van der Waals surface area contributed by atoms with Crippen molar-refractivity contribution in [1.29, 1.82) is 0 Å². The Hall–Kier alpha value is -4.91. The summed E-state index contributed by atoms with van der Waals surface area (Å²) in [6.45, 7) is 1.49. The quantitative estimate of drug-likeness (QED) is 0.238. The fourth-order valence-corrected chi connectivity index (χ4v) is 5.41. The van der Waals surface area contributed by atoms with Gasteiger partial charge in [-0.05, 0) is 39.8 Å². The van der Waals surface area contributed by atoms with Crippen molar-refractivity contribution >= 4 is 18.0 Å². The topological polar surface area (TPSA) is 93.7 Å². The van der Waals surface area contributed by atoms with Crippen LogP contribution in [-0.4, -0.2) is 43.3 Å². The molecule has 0 fully saturated rings. The van der Waals surface area contributed by atoms with E-state index in [1.807, 2.05) is 84.9 Å². The van der Waals surface area contributed by atoms with Gasteiger partial charge in [-0.3, -0.25) is 9.59 Å². The first-order valence-electron chi connectivity index (χ1n) is 14.1. The molecule has 0 saturated heterocycles. The molecule has 7 nitrogen and oxygen atoms in total. The molecular weight excluding hydrogens is 528 g/mol. The number of benzene rings is 4. The maximum Gasteiger partial charge on any atom is 0.407 e. The summed E-state index contributed by atoms with van der Waals surface area (Å²) in [5.41, 5.74) is 6.37. The minimum Gasteiger partial charge on any atom is -0.464 e. The lowest BCUT2D eigenvalue weighted by Gasteiger charge is -2.24. The van der Waals surface area contributed by atoms with Gasteiger partial charge in [0.1, 0.15) is 19.3 Å². The maximum atomic E-state index is 13.6. The van der Waals surface area contributed by atoms with Crippen molar-refractivity contribution in [1.82, 2.24) is 10.6 Å². The van der Waals surface area contributed by atoms with Gasteiger partial charge in [0.15, 0.2) is 0 Å². The van der Waals surface area contributed by atoms with E-state index < -0.39 is 24.1 Å². The van der Waals surface area contributed by atoms with Gasteiger partial charge in [-0.1, -0.05) is 109 Å². The van der Waals surface area contributed by atoms with Gasteiger partial charge in [0.2, 0.25) is 5.91 Å². The van der Waals surface area contributed by atoms with Crippen LogP contribution >= 0.6 is 0 Å². The van der Waals surface area contributed by atoms with E-state index in [2.05, 4.69) is 34.9 Å². The zero-order valence-electron chi connectivity index (χ0n) is 23.5. The number of amides is 2. The number of rotatable bonds is 11. The highest BCUT2D eigenvalue weighted by Crippen LogP contribution is 2.44. The second kappa shape index (κ2) is 13.6. The van der Waals surface area contributed by atoms with Crippen LogP contribution in [0.2, 0.25) is 0 Å². The first-order chi connectivity index (χ1) is 20.5. The molecule has 0 spiro atoms. The number of hydrogen-bond acceptors (Lipinski definition) is 5. The van der Waals surface area contributed by atoms with Crippen LogP contribution in [0.15, 0.2) is 109 Å². The average molecular weight is 563 g/mol. The third kappa shape index (κ3) is 7.23. The van der Waals surface area contributed by atoms with Gasteiger partial charge in [0.25, 0.3) is 0 Å². The Morgan fingerprint density at radius 1 is 0.667 bits per heavy atom. The summed E-state index contributed by atoms with van der Waals surface area (Å²) in [7, 11) is 0. The zero-order chi connectivity index (χ0) is 29.3. The van der Waals surface area contributed by atoms with Gasteiger partial charge < -0.3 is 20.1 Å². The summed E-state index contributed by atoms with van der Waals surface area (Å²) in [6.07, 6.45) is 0.0540. The van der Waals surface area contributed by atoms with Crippen LogP contribution in [0, 0.1) is 0 Å². The Balaban J connectivity index is 1.28. The Morgan fingerprint density at radius 2 is 1.19 bits per heavy atom. The number of carbonyl (C=O) groups is 3. The van der Waals surface area contributed by atoms with Crippen molar-refractivity contribution < 1.29 is 23.9 Å². The molecule has 2 atom stereocenters. The van der Waals surface area contributed by atoms with E-state index in [-0.39, 0.29) is 31.5 Å². The van der Waals surface area contributed by atoms with E-state index in [0.29, 0.717) is 6.42 Å². The number of alkyl carbamates (subject to hydrolysis) is 1. The molecule has 2 amide bonds. The highest BCUT2D eigenvalue weighted by molar-refractivity contribution is 5.86. The molecule has 42 heavy (non-hydrogen) atoms. The Kier molecular flexibility index (Phi) is 9.29. The number of hydrogen-bond donors (Lipinski definition) is 2. The van der Waals surface area contributed by atoms with Gasteiger partial charge >= 0.3 is 12.1 Å². The number of nitrogens with one attached hydrogen (secondary N) is 2.